The van der Waals surface area contributed by atoms with E-state index in [0.717, 1.165) is 26.1 Å². The summed E-state index contributed by atoms with van der Waals surface area (Å²) in [7, 11) is 0. The summed E-state index contributed by atoms with van der Waals surface area (Å²) in [6.07, 6.45) is 1.04. The standard InChI is InChI=1S/C10H17N3S/c1-3-9-7-14-10(12-9)13-5-4-11-8(2)6-13/h7-8,11H,3-6H2,1-2H3/t8-/m0/s1. The lowest BCUT2D eigenvalue weighted by molar-refractivity contribution is 0.484. The van der Waals surface area contributed by atoms with Crippen LogP contribution >= 0.6 is 11.3 Å². The first-order valence-corrected chi connectivity index (χ1v) is 6.10. The first kappa shape index (κ1) is 9.93. The van der Waals surface area contributed by atoms with Gasteiger partial charge in [-0.3, -0.25) is 0 Å². The summed E-state index contributed by atoms with van der Waals surface area (Å²) in [4.78, 5) is 6.98. The van der Waals surface area contributed by atoms with Crippen LogP contribution in [-0.4, -0.2) is 30.7 Å². The van der Waals surface area contributed by atoms with Crippen LogP contribution < -0.4 is 10.2 Å². The van der Waals surface area contributed by atoms with E-state index in [1.54, 1.807) is 11.3 Å². The fourth-order valence-electron chi connectivity index (χ4n) is 1.71. The number of nitrogens with zero attached hydrogens (tertiary/aromatic N) is 2. The lowest BCUT2D eigenvalue weighted by atomic mass is 10.2. The number of aryl methyl sites for hydroxylation is 1. The van der Waals surface area contributed by atoms with E-state index in [1.165, 1.54) is 10.8 Å². The van der Waals surface area contributed by atoms with Gasteiger partial charge in [0.1, 0.15) is 0 Å². The van der Waals surface area contributed by atoms with Crippen molar-refractivity contribution in [1.82, 2.24) is 10.3 Å². The summed E-state index contributed by atoms with van der Waals surface area (Å²) in [5.74, 6) is 0. The molecule has 0 amide bonds. The molecule has 3 nitrogen and oxygen atoms in total. The third-order valence-electron chi connectivity index (χ3n) is 2.54. The van der Waals surface area contributed by atoms with E-state index in [0.29, 0.717) is 6.04 Å². The predicted molar refractivity (Wildman–Crippen MR) is 61.2 cm³/mol. The first-order valence-electron chi connectivity index (χ1n) is 5.22. The Morgan fingerprint density at radius 2 is 2.57 bits per heavy atom. The fraction of sp³-hybridized carbons (Fsp3) is 0.700. The summed E-state index contributed by atoms with van der Waals surface area (Å²) in [6, 6.07) is 0.581. The SMILES string of the molecule is CCc1csc(N2CCN[C@@H](C)C2)n1. The zero-order chi connectivity index (χ0) is 9.97. The molecule has 14 heavy (non-hydrogen) atoms. The van der Waals surface area contributed by atoms with Crippen molar-refractivity contribution in [2.75, 3.05) is 24.5 Å². The maximum Gasteiger partial charge on any atom is 0.185 e. The van der Waals surface area contributed by atoms with Gasteiger partial charge in [0, 0.05) is 31.1 Å². The van der Waals surface area contributed by atoms with E-state index in [2.05, 4.69) is 34.4 Å². The molecule has 1 fully saturated rings. The van der Waals surface area contributed by atoms with Gasteiger partial charge in [-0.1, -0.05) is 6.92 Å². The Kier molecular flexibility index (Phi) is 3.03. The molecule has 0 spiro atoms. The van der Waals surface area contributed by atoms with Gasteiger partial charge in [-0.25, -0.2) is 4.98 Å². The number of piperazine rings is 1. The minimum atomic E-state index is 0.581. The molecule has 0 radical (unpaired) electrons. The maximum atomic E-state index is 4.60. The van der Waals surface area contributed by atoms with Crippen LogP contribution in [-0.2, 0) is 6.42 Å². The van der Waals surface area contributed by atoms with Crippen molar-refractivity contribution in [2.24, 2.45) is 0 Å². The van der Waals surface area contributed by atoms with Gasteiger partial charge in [0.2, 0.25) is 0 Å². The number of thiazole rings is 1. The molecule has 0 aromatic carbocycles. The summed E-state index contributed by atoms with van der Waals surface area (Å²) in [5.41, 5.74) is 1.22. The van der Waals surface area contributed by atoms with E-state index in [1.807, 2.05) is 0 Å². The Hall–Kier alpha value is -0.610. The van der Waals surface area contributed by atoms with Gasteiger partial charge < -0.3 is 10.2 Å². The number of aromatic nitrogens is 1. The Bertz CT molecular complexity index is 297. The van der Waals surface area contributed by atoms with Gasteiger partial charge in [-0.15, -0.1) is 11.3 Å². The van der Waals surface area contributed by atoms with Crippen LogP contribution in [0.1, 0.15) is 19.5 Å². The lowest BCUT2D eigenvalue weighted by Gasteiger charge is -2.31. The van der Waals surface area contributed by atoms with Gasteiger partial charge in [-0.05, 0) is 13.3 Å². The number of rotatable bonds is 2. The van der Waals surface area contributed by atoms with E-state index >= 15 is 0 Å². The number of nitrogens with one attached hydrogen (secondary N) is 1. The summed E-state index contributed by atoms with van der Waals surface area (Å²) in [5, 5.41) is 6.80. The Morgan fingerprint density at radius 1 is 1.71 bits per heavy atom. The largest absolute Gasteiger partial charge is 0.345 e. The molecule has 78 valence electrons. The molecule has 1 atom stereocenters. The molecule has 0 unspecified atom stereocenters. The van der Waals surface area contributed by atoms with Crippen molar-refractivity contribution in [2.45, 2.75) is 26.3 Å². The Morgan fingerprint density at radius 3 is 3.21 bits per heavy atom. The maximum absolute atomic E-state index is 4.60. The Labute approximate surface area is 89.1 Å². The quantitative estimate of drug-likeness (QED) is 0.803. The van der Waals surface area contributed by atoms with Crippen LogP contribution in [0.15, 0.2) is 5.38 Å². The fourth-order valence-corrected chi connectivity index (χ4v) is 2.66. The van der Waals surface area contributed by atoms with E-state index in [-0.39, 0.29) is 0 Å². The summed E-state index contributed by atoms with van der Waals surface area (Å²) in [6.45, 7) is 7.61. The van der Waals surface area contributed by atoms with Gasteiger partial charge >= 0.3 is 0 Å². The Balaban J connectivity index is 2.06. The zero-order valence-electron chi connectivity index (χ0n) is 8.79. The highest BCUT2D eigenvalue weighted by Gasteiger charge is 2.17. The highest BCUT2D eigenvalue weighted by molar-refractivity contribution is 7.13. The minimum Gasteiger partial charge on any atom is -0.345 e. The highest BCUT2D eigenvalue weighted by Crippen LogP contribution is 2.21. The third-order valence-corrected chi connectivity index (χ3v) is 3.49. The molecule has 1 aliphatic rings. The third kappa shape index (κ3) is 2.07. The molecule has 1 aliphatic heterocycles. The molecule has 1 aromatic rings. The van der Waals surface area contributed by atoms with Gasteiger partial charge in [0.25, 0.3) is 0 Å². The van der Waals surface area contributed by atoms with Crippen LogP contribution in [0.5, 0.6) is 0 Å². The highest BCUT2D eigenvalue weighted by atomic mass is 32.1. The molecule has 2 rings (SSSR count). The zero-order valence-corrected chi connectivity index (χ0v) is 9.60. The van der Waals surface area contributed by atoms with Crippen molar-refractivity contribution >= 4 is 16.5 Å². The lowest BCUT2D eigenvalue weighted by Crippen LogP contribution is -2.49. The van der Waals surface area contributed by atoms with Crippen LogP contribution in [0.25, 0.3) is 0 Å². The predicted octanol–water partition coefficient (Wildman–Crippen LogP) is 1.50. The molecule has 1 aromatic heterocycles. The van der Waals surface area contributed by atoms with Crippen molar-refractivity contribution in [3.05, 3.63) is 11.1 Å². The van der Waals surface area contributed by atoms with Crippen molar-refractivity contribution in [1.29, 1.82) is 0 Å². The molecular formula is C10H17N3S. The minimum absolute atomic E-state index is 0.581. The topological polar surface area (TPSA) is 28.2 Å². The van der Waals surface area contributed by atoms with Crippen LogP contribution in [0.2, 0.25) is 0 Å². The second kappa shape index (κ2) is 4.28. The van der Waals surface area contributed by atoms with Gasteiger partial charge in [-0.2, -0.15) is 0 Å². The number of anilines is 1. The molecule has 4 heteroatoms. The second-order valence-electron chi connectivity index (χ2n) is 3.78. The van der Waals surface area contributed by atoms with Crippen LogP contribution in [0.4, 0.5) is 5.13 Å². The van der Waals surface area contributed by atoms with E-state index in [4.69, 9.17) is 0 Å². The van der Waals surface area contributed by atoms with Crippen molar-refractivity contribution in [3.63, 3.8) is 0 Å². The molecular weight excluding hydrogens is 194 g/mol. The summed E-state index contributed by atoms with van der Waals surface area (Å²) < 4.78 is 0. The molecule has 1 N–H and O–H groups in total. The number of hydrogen-bond acceptors (Lipinski definition) is 4. The van der Waals surface area contributed by atoms with E-state index < -0.39 is 0 Å². The molecule has 0 saturated carbocycles. The normalized spacial score (nSPS) is 22.7. The molecule has 1 saturated heterocycles. The molecule has 0 aliphatic carbocycles. The number of hydrogen-bond donors (Lipinski definition) is 1. The molecule has 0 bridgehead atoms. The average Bonchev–Trinajstić information content (AvgIpc) is 2.66. The van der Waals surface area contributed by atoms with Crippen LogP contribution in [0.3, 0.4) is 0 Å². The van der Waals surface area contributed by atoms with Gasteiger partial charge in [0.05, 0.1) is 5.69 Å². The van der Waals surface area contributed by atoms with Crippen molar-refractivity contribution in [3.8, 4) is 0 Å². The molecule has 2 heterocycles. The van der Waals surface area contributed by atoms with Gasteiger partial charge in [0.15, 0.2) is 5.13 Å². The first-order chi connectivity index (χ1) is 6.79. The van der Waals surface area contributed by atoms with Crippen molar-refractivity contribution < 1.29 is 0 Å². The monoisotopic (exact) mass is 211 g/mol. The smallest absolute Gasteiger partial charge is 0.185 e. The summed E-state index contributed by atoms with van der Waals surface area (Å²) >= 11 is 1.77. The second-order valence-corrected chi connectivity index (χ2v) is 4.61. The average molecular weight is 211 g/mol. The van der Waals surface area contributed by atoms with Crippen LogP contribution in [0, 0.1) is 0 Å². The van der Waals surface area contributed by atoms with E-state index in [9.17, 15) is 0 Å².